The summed E-state index contributed by atoms with van der Waals surface area (Å²) in [6.45, 7) is 8.55. The summed E-state index contributed by atoms with van der Waals surface area (Å²) < 4.78 is 4.89. The maximum Gasteiger partial charge on any atom is 0.312 e. The Labute approximate surface area is 99.1 Å². The minimum absolute atomic E-state index is 0.0990. The van der Waals surface area contributed by atoms with E-state index in [9.17, 15) is 4.79 Å². The lowest BCUT2D eigenvalue weighted by Crippen LogP contribution is -2.25. The van der Waals surface area contributed by atoms with Crippen LogP contribution in [0.4, 0.5) is 0 Å². The van der Waals surface area contributed by atoms with Crippen LogP contribution >= 0.6 is 0 Å². The van der Waals surface area contributed by atoms with Gasteiger partial charge >= 0.3 is 5.97 Å². The number of methoxy groups -OCH3 is 1. The fraction of sp³-hybridized carbons (Fsp3) is 0.786. The van der Waals surface area contributed by atoms with Gasteiger partial charge in [0.05, 0.1) is 13.0 Å². The molecule has 2 heteroatoms. The topological polar surface area (TPSA) is 26.3 Å². The van der Waals surface area contributed by atoms with E-state index in [1.807, 2.05) is 0 Å². The number of carbonyl (C=O) groups excluding carboxylic acids is 1. The van der Waals surface area contributed by atoms with Gasteiger partial charge in [-0.1, -0.05) is 38.8 Å². The molecule has 1 aliphatic rings. The van der Waals surface area contributed by atoms with E-state index < -0.39 is 0 Å². The van der Waals surface area contributed by atoms with Crippen molar-refractivity contribution in [3.05, 3.63) is 12.2 Å². The van der Waals surface area contributed by atoms with Crippen molar-refractivity contribution in [2.24, 2.45) is 11.3 Å². The van der Waals surface area contributed by atoms with Gasteiger partial charge in [0.2, 0.25) is 0 Å². The van der Waals surface area contributed by atoms with Crippen molar-refractivity contribution in [1.29, 1.82) is 0 Å². The van der Waals surface area contributed by atoms with Gasteiger partial charge in [0.25, 0.3) is 0 Å². The number of hydrogen-bond acceptors (Lipinski definition) is 2. The van der Waals surface area contributed by atoms with Crippen LogP contribution in [0.2, 0.25) is 0 Å². The fourth-order valence-corrected chi connectivity index (χ4v) is 2.50. The molecule has 0 aromatic heterocycles. The second kappa shape index (κ2) is 5.51. The largest absolute Gasteiger partial charge is 0.469 e. The van der Waals surface area contributed by atoms with Gasteiger partial charge in [-0.3, -0.25) is 4.79 Å². The van der Waals surface area contributed by atoms with Crippen molar-refractivity contribution in [2.45, 2.75) is 52.4 Å². The first-order chi connectivity index (χ1) is 7.46. The molecular formula is C14H24O2. The number of hydrogen-bond donors (Lipinski definition) is 0. The summed E-state index contributed by atoms with van der Waals surface area (Å²) in [5, 5.41) is 0. The molecule has 1 rings (SSSR count). The Kier molecular flexibility index (Phi) is 4.57. The van der Waals surface area contributed by atoms with Gasteiger partial charge in [-0.05, 0) is 31.1 Å². The van der Waals surface area contributed by atoms with E-state index in [0.29, 0.717) is 0 Å². The molecule has 1 fully saturated rings. The molecule has 0 aliphatic heterocycles. The smallest absolute Gasteiger partial charge is 0.312 e. The molecule has 0 bridgehead atoms. The summed E-state index contributed by atoms with van der Waals surface area (Å²) in [6.07, 6.45) is 6.69. The summed E-state index contributed by atoms with van der Waals surface area (Å²) in [6, 6.07) is 0. The van der Waals surface area contributed by atoms with Crippen molar-refractivity contribution in [1.82, 2.24) is 0 Å². The molecule has 0 aromatic carbocycles. The Bertz CT molecular complexity index is 266. The lowest BCUT2D eigenvalue weighted by atomic mass is 9.77. The highest BCUT2D eigenvalue weighted by molar-refractivity contribution is 5.75. The zero-order valence-electron chi connectivity index (χ0n) is 10.8. The number of ether oxygens (including phenoxy) is 1. The zero-order chi connectivity index (χ0) is 12.2. The van der Waals surface area contributed by atoms with Crippen LogP contribution in [0.5, 0.6) is 0 Å². The van der Waals surface area contributed by atoms with Crippen LogP contribution < -0.4 is 0 Å². The molecule has 0 heterocycles. The third-order valence-electron chi connectivity index (χ3n) is 3.59. The van der Waals surface area contributed by atoms with Crippen LogP contribution in [0, 0.1) is 11.3 Å². The van der Waals surface area contributed by atoms with Gasteiger partial charge in [-0.25, -0.2) is 0 Å². The number of carbonyl (C=O) groups is 1. The quantitative estimate of drug-likeness (QED) is 0.501. The molecule has 0 aromatic rings. The lowest BCUT2D eigenvalue weighted by Gasteiger charge is -2.28. The first kappa shape index (κ1) is 13.3. The zero-order valence-corrected chi connectivity index (χ0v) is 10.8. The minimum Gasteiger partial charge on any atom is -0.469 e. The number of esters is 1. The van der Waals surface area contributed by atoms with Crippen LogP contribution in [0.25, 0.3) is 0 Å². The summed E-state index contributed by atoms with van der Waals surface area (Å²) in [5.41, 5.74) is 1.27. The van der Waals surface area contributed by atoms with Gasteiger partial charge in [0.1, 0.15) is 0 Å². The summed E-state index contributed by atoms with van der Waals surface area (Å²) >= 11 is 0. The third-order valence-corrected chi connectivity index (χ3v) is 3.59. The highest BCUT2D eigenvalue weighted by Crippen LogP contribution is 2.37. The van der Waals surface area contributed by atoms with E-state index in [2.05, 4.69) is 20.4 Å². The molecule has 1 atom stereocenters. The molecule has 0 N–H and O–H groups in total. The van der Waals surface area contributed by atoms with Crippen molar-refractivity contribution in [3.8, 4) is 0 Å². The SMILES string of the molecule is C=C1CCCCCC(C)(C)CC1C(=O)OC. The van der Waals surface area contributed by atoms with Crippen molar-refractivity contribution >= 4 is 5.97 Å². The van der Waals surface area contributed by atoms with E-state index in [1.165, 1.54) is 26.4 Å². The fourth-order valence-electron chi connectivity index (χ4n) is 2.50. The summed E-state index contributed by atoms with van der Waals surface area (Å²) in [7, 11) is 1.47. The van der Waals surface area contributed by atoms with Crippen molar-refractivity contribution in [3.63, 3.8) is 0 Å². The minimum atomic E-state index is -0.111. The third kappa shape index (κ3) is 3.66. The standard InChI is InChI=1S/C14H24O2/c1-11-8-6-5-7-9-14(2,3)10-12(11)13(15)16-4/h12H,1,5-10H2,2-4H3. The Morgan fingerprint density at radius 2 is 2.06 bits per heavy atom. The van der Waals surface area contributed by atoms with Crippen LogP contribution in [-0.2, 0) is 9.53 Å². The van der Waals surface area contributed by atoms with E-state index in [-0.39, 0.29) is 17.3 Å². The Hall–Kier alpha value is -0.790. The van der Waals surface area contributed by atoms with E-state index in [0.717, 1.165) is 24.8 Å². The maximum absolute atomic E-state index is 11.8. The Morgan fingerprint density at radius 3 is 2.69 bits per heavy atom. The molecule has 0 radical (unpaired) electrons. The van der Waals surface area contributed by atoms with Crippen LogP contribution in [0.1, 0.15) is 52.4 Å². The Balaban J connectivity index is 2.81. The van der Waals surface area contributed by atoms with Crippen LogP contribution in [-0.4, -0.2) is 13.1 Å². The predicted octanol–water partition coefficient (Wildman–Crippen LogP) is 3.71. The van der Waals surface area contributed by atoms with Crippen molar-refractivity contribution in [2.75, 3.05) is 7.11 Å². The molecule has 92 valence electrons. The highest BCUT2D eigenvalue weighted by Gasteiger charge is 2.30. The molecule has 1 saturated carbocycles. The average molecular weight is 224 g/mol. The summed E-state index contributed by atoms with van der Waals surface area (Å²) in [4.78, 5) is 11.8. The molecule has 0 saturated heterocycles. The Morgan fingerprint density at radius 1 is 1.38 bits per heavy atom. The first-order valence-corrected chi connectivity index (χ1v) is 6.22. The molecule has 1 aliphatic carbocycles. The van der Waals surface area contributed by atoms with Gasteiger partial charge < -0.3 is 4.74 Å². The van der Waals surface area contributed by atoms with Crippen LogP contribution in [0.3, 0.4) is 0 Å². The lowest BCUT2D eigenvalue weighted by molar-refractivity contribution is -0.145. The van der Waals surface area contributed by atoms with Gasteiger partial charge in [0.15, 0.2) is 0 Å². The first-order valence-electron chi connectivity index (χ1n) is 6.22. The van der Waals surface area contributed by atoms with E-state index in [1.54, 1.807) is 0 Å². The second-order valence-electron chi connectivity index (χ2n) is 5.66. The molecule has 0 spiro atoms. The van der Waals surface area contributed by atoms with E-state index in [4.69, 9.17) is 4.74 Å². The normalized spacial score (nSPS) is 26.4. The van der Waals surface area contributed by atoms with Gasteiger partial charge in [0, 0.05) is 0 Å². The van der Waals surface area contributed by atoms with Crippen LogP contribution in [0.15, 0.2) is 12.2 Å². The number of rotatable bonds is 1. The highest BCUT2D eigenvalue weighted by atomic mass is 16.5. The molecule has 16 heavy (non-hydrogen) atoms. The van der Waals surface area contributed by atoms with Crippen molar-refractivity contribution < 1.29 is 9.53 Å². The van der Waals surface area contributed by atoms with Gasteiger partial charge in [-0.2, -0.15) is 0 Å². The van der Waals surface area contributed by atoms with E-state index >= 15 is 0 Å². The average Bonchev–Trinajstić information content (AvgIpc) is 2.29. The monoisotopic (exact) mass is 224 g/mol. The molecule has 1 unspecified atom stereocenters. The summed E-state index contributed by atoms with van der Waals surface area (Å²) in [5.74, 6) is -0.210. The maximum atomic E-state index is 11.8. The molecule has 0 amide bonds. The molecule has 2 nitrogen and oxygen atoms in total. The molecular weight excluding hydrogens is 200 g/mol. The van der Waals surface area contributed by atoms with Gasteiger partial charge in [-0.15, -0.1) is 0 Å². The second-order valence-corrected chi connectivity index (χ2v) is 5.66. The predicted molar refractivity (Wildman–Crippen MR) is 66.1 cm³/mol.